The Morgan fingerprint density at radius 3 is 2.31 bits per heavy atom. The summed E-state index contributed by atoms with van der Waals surface area (Å²) in [5.74, 6) is 0.317. The van der Waals surface area contributed by atoms with Crippen LogP contribution in [0.15, 0.2) is 24.3 Å². The average molecular weight is 222 g/mol. The van der Waals surface area contributed by atoms with E-state index in [9.17, 15) is 9.90 Å². The van der Waals surface area contributed by atoms with Crippen LogP contribution in [0, 0.1) is 5.92 Å². The van der Waals surface area contributed by atoms with Crippen molar-refractivity contribution in [2.75, 3.05) is 0 Å². The van der Waals surface area contributed by atoms with Gasteiger partial charge in [0.2, 0.25) is 0 Å². The highest BCUT2D eigenvalue weighted by molar-refractivity contribution is 5.84. The lowest BCUT2D eigenvalue weighted by Crippen LogP contribution is -2.23. The fourth-order valence-corrected chi connectivity index (χ4v) is 1.51. The Hall–Kier alpha value is -1.35. The topological polar surface area (TPSA) is 57.5 Å². The van der Waals surface area contributed by atoms with Crippen molar-refractivity contribution in [3.63, 3.8) is 0 Å². The molecule has 0 unspecified atom stereocenters. The van der Waals surface area contributed by atoms with Gasteiger partial charge in [0, 0.05) is 6.42 Å². The number of aliphatic hydroxyl groups is 1. The number of aliphatic hydroxyl groups excluding tert-OH is 1. The van der Waals surface area contributed by atoms with Gasteiger partial charge in [-0.1, -0.05) is 26.0 Å². The largest absolute Gasteiger partial charge is 0.508 e. The lowest BCUT2D eigenvalue weighted by Gasteiger charge is -2.11. The molecule has 1 aromatic carbocycles. The van der Waals surface area contributed by atoms with Crippen LogP contribution in [-0.2, 0) is 11.2 Å². The molecular weight excluding hydrogens is 204 g/mol. The third kappa shape index (κ3) is 4.03. The molecule has 88 valence electrons. The number of carbonyl (C=O) groups excluding carboxylic acids is 1. The molecule has 0 saturated heterocycles. The maximum absolute atomic E-state index is 11.6. The summed E-state index contributed by atoms with van der Waals surface area (Å²) in [6.45, 7) is 3.94. The highest BCUT2D eigenvalue weighted by Crippen LogP contribution is 2.12. The van der Waals surface area contributed by atoms with Crippen LogP contribution in [0.5, 0.6) is 5.75 Å². The fraction of sp³-hybridized carbons (Fsp3) is 0.462. The first kappa shape index (κ1) is 12.7. The average Bonchev–Trinajstić information content (AvgIpc) is 2.20. The van der Waals surface area contributed by atoms with Crippen LogP contribution in [0.3, 0.4) is 0 Å². The van der Waals surface area contributed by atoms with Gasteiger partial charge in [-0.25, -0.2) is 0 Å². The van der Waals surface area contributed by atoms with E-state index < -0.39 is 6.10 Å². The summed E-state index contributed by atoms with van der Waals surface area (Å²) < 4.78 is 0. The van der Waals surface area contributed by atoms with Gasteiger partial charge >= 0.3 is 0 Å². The van der Waals surface area contributed by atoms with Crippen LogP contribution in [0.1, 0.15) is 25.8 Å². The van der Waals surface area contributed by atoms with E-state index in [1.807, 2.05) is 13.8 Å². The number of hydrogen-bond donors (Lipinski definition) is 2. The van der Waals surface area contributed by atoms with Gasteiger partial charge in [0.05, 0.1) is 0 Å². The molecule has 0 aromatic heterocycles. The minimum atomic E-state index is -0.881. The molecule has 0 fully saturated rings. The van der Waals surface area contributed by atoms with E-state index in [1.165, 1.54) is 12.1 Å². The predicted molar refractivity (Wildman–Crippen MR) is 62.3 cm³/mol. The van der Waals surface area contributed by atoms with Gasteiger partial charge in [0.1, 0.15) is 11.9 Å². The Morgan fingerprint density at radius 1 is 1.25 bits per heavy atom. The van der Waals surface area contributed by atoms with E-state index in [2.05, 4.69) is 0 Å². The molecule has 0 heterocycles. The number of ketones is 1. The van der Waals surface area contributed by atoms with Crippen LogP contribution >= 0.6 is 0 Å². The van der Waals surface area contributed by atoms with Gasteiger partial charge in [-0.05, 0) is 30.0 Å². The molecule has 2 N–H and O–H groups in total. The summed E-state index contributed by atoms with van der Waals surface area (Å²) >= 11 is 0. The second-order valence-corrected chi connectivity index (χ2v) is 4.45. The third-order valence-corrected chi connectivity index (χ3v) is 2.38. The minimum Gasteiger partial charge on any atom is -0.508 e. The Bertz CT molecular complexity index is 341. The number of phenols is 1. The molecule has 1 aromatic rings. The highest BCUT2D eigenvalue weighted by Gasteiger charge is 2.16. The summed E-state index contributed by atoms with van der Waals surface area (Å²) in [5, 5.41) is 18.7. The second-order valence-electron chi connectivity index (χ2n) is 4.45. The van der Waals surface area contributed by atoms with Gasteiger partial charge in [-0.15, -0.1) is 0 Å². The molecule has 0 bridgehead atoms. The van der Waals surface area contributed by atoms with E-state index in [0.717, 1.165) is 5.56 Å². The monoisotopic (exact) mass is 222 g/mol. The Kier molecular flexibility index (Phi) is 4.50. The van der Waals surface area contributed by atoms with Crippen molar-refractivity contribution < 1.29 is 15.0 Å². The number of Topliss-reactive ketones (excluding diaryl/α,β-unsaturated/α-hetero) is 1. The molecule has 0 amide bonds. The van der Waals surface area contributed by atoms with Gasteiger partial charge in [0.15, 0.2) is 5.78 Å². The van der Waals surface area contributed by atoms with Gasteiger partial charge < -0.3 is 10.2 Å². The van der Waals surface area contributed by atoms with Crippen molar-refractivity contribution in [3.05, 3.63) is 29.8 Å². The maximum Gasteiger partial charge on any atom is 0.165 e. The number of carbonyl (C=O) groups is 1. The number of rotatable bonds is 5. The fourth-order valence-electron chi connectivity index (χ4n) is 1.51. The Balaban J connectivity index is 2.54. The number of benzene rings is 1. The van der Waals surface area contributed by atoms with E-state index in [1.54, 1.807) is 12.1 Å². The maximum atomic E-state index is 11.6. The SMILES string of the molecule is CC(C)C[C@@H](O)C(=O)Cc1ccc(O)cc1. The van der Waals surface area contributed by atoms with Crippen molar-refractivity contribution in [1.29, 1.82) is 0 Å². The van der Waals surface area contributed by atoms with Crippen LogP contribution in [0.2, 0.25) is 0 Å². The summed E-state index contributed by atoms with van der Waals surface area (Å²) in [6.07, 6.45) is -0.167. The first-order chi connectivity index (χ1) is 7.49. The number of aromatic hydroxyl groups is 1. The van der Waals surface area contributed by atoms with Gasteiger partial charge in [0.25, 0.3) is 0 Å². The summed E-state index contributed by atoms with van der Waals surface area (Å²) in [7, 11) is 0. The standard InChI is InChI=1S/C13H18O3/c1-9(2)7-12(15)13(16)8-10-3-5-11(14)6-4-10/h3-6,9,12,14-15H,7-8H2,1-2H3/t12-/m1/s1. The van der Waals surface area contributed by atoms with Crippen LogP contribution in [0.25, 0.3) is 0 Å². The molecule has 0 aliphatic carbocycles. The normalized spacial score (nSPS) is 12.8. The van der Waals surface area contributed by atoms with Crippen LogP contribution < -0.4 is 0 Å². The summed E-state index contributed by atoms with van der Waals surface area (Å²) in [5.41, 5.74) is 0.811. The van der Waals surface area contributed by atoms with E-state index in [4.69, 9.17) is 5.11 Å². The molecule has 1 atom stereocenters. The predicted octanol–water partition coefficient (Wildman–Crippen LogP) is 1.91. The van der Waals surface area contributed by atoms with Crippen molar-refractivity contribution in [3.8, 4) is 5.75 Å². The summed E-state index contributed by atoms with van der Waals surface area (Å²) in [4.78, 5) is 11.6. The Labute approximate surface area is 95.7 Å². The zero-order chi connectivity index (χ0) is 12.1. The van der Waals surface area contributed by atoms with Gasteiger partial charge in [-0.3, -0.25) is 4.79 Å². The van der Waals surface area contributed by atoms with Crippen molar-refractivity contribution in [2.45, 2.75) is 32.8 Å². The lowest BCUT2D eigenvalue weighted by molar-refractivity contribution is -0.127. The molecular formula is C13H18O3. The smallest absolute Gasteiger partial charge is 0.165 e. The van der Waals surface area contributed by atoms with E-state index >= 15 is 0 Å². The second kappa shape index (κ2) is 5.66. The van der Waals surface area contributed by atoms with Crippen molar-refractivity contribution in [2.24, 2.45) is 5.92 Å². The molecule has 0 aliphatic heterocycles. The zero-order valence-corrected chi connectivity index (χ0v) is 9.68. The highest BCUT2D eigenvalue weighted by atomic mass is 16.3. The van der Waals surface area contributed by atoms with Crippen LogP contribution in [-0.4, -0.2) is 22.1 Å². The van der Waals surface area contributed by atoms with E-state index in [0.29, 0.717) is 12.3 Å². The van der Waals surface area contributed by atoms with Crippen LogP contribution in [0.4, 0.5) is 0 Å². The molecule has 1 rings (SSSR count). The summed E-state index contributed by atoms with van der Waals surface area (Å²) in [6, 6.07) is 6.46. The molecule has 0 spiro atoms. The number of hydrogen-bond acceptors (Lipinski definition) is 3. The minimum absolute atomic E-state index is 0.167. The molecule has 0 radical (unpaired) electrons. The van der Waals surface area contributed by atoms with Crippen molar-refractivity contribution in [1.82, 2.24) is 0 Å². The molecule has 3 heteroatoms. The molecule has 16 heavy (non-hydrogen) atoms. The molecule has 0 aliphatic rings. The Morgan fingerprint density at radius 2 is 1.81 bits per heavy atom. The van der Waals surface area contributed by atoms with Gasteiger partial charge in [-0.2, -0.15) is 0 Å². The zero-order valence-electron chi connectivity index (χ0n) is 9.68. The number of phenolic OH excluding ortho intramolecular Hbond substituents is 1. The lowest BCUT2D eigenvalue weighted by atomic mass is 9.98. The third-order valence-electron chi connectivity index (χ3n) is 2.38. The van der Waals surface area contributed by atoms with Crippen molar-refractivity contribution >= 4 is 5.78 Å². The quantitative estimate of drug-likeness (QED) is 0.800. The first-order valence-corrected chi connectivity index (χ1v) is 5.47. The first-order valence-electron chi connectivity index (χ1n) is 5.47. The van der Waals surface area contributed by atoms with E-state index in [-0.39, 0.29) is 18.0 Å². The molecule has 3 nitrogen and oxygen atoms in total. The molecule has 0 saturated carbocycles.